The molecular weight excluding hydrogens is 905 g/mol. The van der Waals surface area contributed by atoms with E-state index in [-0.39, 0.29) is 0 Å². The van der Waals surface area contributed by atoms with Gasteiger partial charge in [0.05, 0.1) is 27.8 Å². The minimum Gasteiger partial charge on any atom is -0.309 e. The summed E-state index contributed by atoms with van der Waals surface area (Å²) < 4.78 is 4.78. The van der Waals surface area contributed by atoms with E-state index in [1.807, 2.05) is 97.1 Å². The Labute approximate surface area is 426 Å². The lowest BCUT2D eigenvalue weighted by molar-refractivity contribution is 1.06. The van der Waals surface area contributed by atoms with Crippen LogP contribution in [0.1, 0.15) is 0 Å². The zero-order valence-corrected chi connectivity index (χ0v) is 39.8. The highest BCUT2D eigenvalue weighted by Crippen LogP contribution is 2.44. The average molecular weight is 947 g/mol. The van der Waals surface area contributed by atoms with Crippen LogP contribution in [-0.2, 0) is 0 Å². The lowest BCUT2D eigenvalue weighted by Gasteiger charge is -2.17. The quantitative estimate of drug-likeness (QED) is 0.143. The predicted octanol–water partition coefficient (Wildman–Crippen LogP) is 15.9. The Bertz CT molecular complexity index is 4340. The molecule has 0 amide bonds. The van der Waals surface area contributed by atoms with Crippen molar-refractivity contribution in [3.8, 4) is 90.8 Å². The molecule has 0 saturated heterocycles. The second-order valence-corrected chi connectivity index (χ2v) is 18.3. The van der Waals surface area contributed by atoms with Gasteiger partial charge in [-0.15, -0.1) is 0 Å². The van der Waals surface area contributed by atoms with Crippen LogP contribution in [0.5, 0.6) is 0 Å². The van der Waals surface area contributed by atoms with Crippen molar-refractivity contribution in [1.29, 1.82) is 0 Å². The maximum Gasteiger partial charge on any atom is 0.166 e. The van der Waals surface area contributed by atoms with Gasteiger partial charge in [0.15, 0.2) is 34.9 Å². The molecule has 0 bridgehead atoms. The molecule has 0 N–H and O–H groups in total. The van der Waals surface area contributed by atoms with E-state index < -0.39 is 0 Å². The molecule has 74 heavy (non-hydrogen) atoms. The number of hydrogen-bond acceptors (Lipinski definition) is 6. The largest absolute Gasteiger partial charge is 0.309 e. The van der Waals surface area contributed by atoms with Gasteiger partial charge in [0.25, 0.3) is 0 Å². The highest BCUT2D eigenvalue weighted by Gasteiger charge is 2.25. The maximum absolute atomic E-state index is 5.49. The van der Waals surface area contributed by atoms with Gasteiger partial charge in [-0.25, -0.2) is 29.9 Å². The van der Waals surface area contributed by atoms with Crippen LogP contribution < -0.4 is 0 Å². The van der Waals surface area contributed by atoms with Gasteiger partial charge in [-0.1, -0.05) is 200 Å². The summed E-state index contributed by atoms with van der Waals surface area (Å²) in [6.07, 6.45) is 0. The van der Waals surface area contributed by atoms with Gasteiger partial charge >= 0.3 is 0 Å². The van der Waals surface area contributed by atoms with Crippen molar-refractivity contribution in [3.05, 3.63) is 255 Å². The van der Waals surface area contributed by atoms with Gasteiger partial charge in [-0.2, -0.15) is 0 Å². The minimum absolute atomic E-state index is 0.501. The monoisotopic (exact) mass is 946 g/mol. The second-order valence-electron chi connectivity index (χ2n) is 18.3. The lowest BCUT2D eigenvalue weighted by atomic mass is 10.0. The molecule has 0 unspecified atom stereocenters. The molecule has 14 aromatic rings. The van der Waals surface area contributed by atoms with Crippen LogP contribution in [0, 0.1) is 0 Å². The molecule has 346 valence electrons. The van der Waals surface area contributed by atoms with Crippen molar-refractivity contribution >= 4 is 43.6 Å². The van der Waals surface area contributed by atoms with Gasteiger partial charge in [0.2, 0.25) is 0 Å². The van der Waals surface area contributed by atoms with Crippen LogP contribution in [0.2, 0.25) is 0 Å². The van der Waals surface area contributed by atoms with Gasteiger partial charge in [-0.3, -0.25) is 0 Å². The SMILES string of the molecule is c1ccc(-c2cccc(-c3nc(-c4ccccc4)nc(-c4cc(-c5nc(-c6ccccc6)nc(-c6ccccc6)n5)ccc4-n4c5ccccc5c5ccc6c(c7ccccc7n6-c6ccccc6)c54)n3)c2)cc1. The number of aromatic nitrogens is 8. The Morgan fingerprint density at radius 3 is 1.26 bits per heavy atom. The van der Waals surface area contributed by atoms with Gasteiger partial charge in [0.1, 0.15) is 0 Å². The number of benzene rings is 10. The van der Waals surface area contributed by atoms with E-state index in [4.69, 9.17) is 29.9 Å². The summed E-state index contributed by atoms with van der Waals surface area (Å²) in [5.74, 6) is 3.28. The van der Waals surface area contributed by atoms with Crippen molar-refractivity contribution in [1.82, 2.24) is 39.0 Å². The van der Waals surface area contributed by atoms with Crippen LogP contribution in [0.25, 0.3) is 134 Å². The van der Waals surface area contributed by atoms with E-state index in [0.29, 0.717) is 34.9 Å². The fraction of sp³-hybridized carbons (Fsp3) is 0. The van der Waals surface area contributed by atoms with Crippen molar-refractivity contribution in [3.63, 3.8) is 0 Å². The van der Waals surface area contributed by atoms with E-state index in [9.17, 15) is 0 Å². The molecule has 0 aliphatic rings. The Morgan fingerprint density at radius 2 is 0.676 bits per heavy atom. The molecule has 0 radical (unpaired) electrons. The van der Waals surface area contributed by atoms with Crippen LogP contribution in [-0.4, -0.2) is 39.0 Å². The minimum atomic E-state index is 0.501. The number of nitrogens with zero attached hydrogens (tertiary/aromatic N) is 8. The number of rotatable bonds is 9. The first-order chi connectivity index (χ1) is 36.7. The lowest BCUT2D eigenvalue weighted by Crippen LogP contribution is -2.05. The molecule has 8 heteroatoms. The van der Waals surface area contributed by atoms with E-state index in [1.165, 1.54) is 0 Å². The Hall–Kier alpha value is -10.2. The van der Waals surface area contributed by atoms with Gasteiger partial charge < -0.3 is 9.13 Å². The van der Waals surface area contributed by atoms with E-state index in [1.54, 1.807) is 0 Å². The van der Waals surface area contributed by atoms with Crippen molar-refractivity contribution in [2.24, 2.45) is 0 Å². The Kier molecular flexibility index (Phi) is 10.3. The highest BCUT2D eigenvalue weighted by molar-refractivity contribution is 6.26. The molecule has 0 aliphatic heterocycles. The number of para-hydroxylation sites is 3. The molecule has 4 aromatic heterocycles. The third-order valence-electron chi connectivity index (χ3n) is 13.8. The Morgan fingerprint density at radius 1 is 0.243 bits per heavy atom. The molecule has 0 atom stereocenters. The summed E-state index contributed by atoms with van der Waals surface area (Å²) >= 11 is 0. The van der Waals surface area contributed by atoms with Crippen molar-refractivity contribution in [2.45, 2.75) is 0 Å². The summed E-state index contributed by atoms with van der Waals surface area (Å²) in [4.78, 5) is 31.6. The van der Waals surface area contributed by atoms with Crippen molar-refractivity contribution < 1.29 is 0 Å². The third-order valence-corrected chi connectivity index (χ3v) is 13.8. The number of hydrogen-bond donors (Lipinski definition) is 0. The predicted molar refractivity (Wildman–Crippen MR) is 300 cm³/mol. The van der Waals surface area contributed by atoms with E-state index in [2.05, 4.69) is 167 Å². The first-order valence-electron chi connectivity index (χ1n) is 24.7. The summed E-state index contributed by atoms with van der Waals surface area (Å²) in [6.45, 7) is 0. The molecule has 0 aliphatic carbocycles. The molecule has 4 heterocycles. The molecular formula is C66H42N8. The normalized spacial score (nSPS) is 11.5. The summed E-state index contributed by atoms with van der Waals surface area (Å²) in [5.41, 5.74) is 13.6. The Balaban J connectivity index is 1.09. The standard InChI is InChI=1S/C66H42N8/c1-6-21-43(22-7-1)47-29-20-30-48(41-47)64-70-63(46-27-12-4-13-28-46)71-66(72-64)54-42-49(65-68-61(44-23-8-2-9-24-44)67-62(69-65)45-25-10-3-11-26-45)37-39-57(54)74-55-35-18-16-33-51(55)52-38-40-58-59(60(52)74)53-34-17-19-36-56(53)73(58)50-31-14-5-15-32-50/h1-42H. The summed E-state index contributed by atoms with van der Waals surface area (Å²) in [7, 11) is 0. The molecule has 0 saturated carbocycles. The average Bonchev–Trinajstić information content (AvgIpc) is 4.02. The van der Waals surface area contributed by atoms with Crippen LogP contribution in [0.15, 0.2) is 255 Å². The molecule has 8 nitrogen and oxygen atoms in total. The molecule has 0 spiro atoms. The van der Waals surface area contributed by atoms with Gasteiger partial charge in [-0.05, 0) is 65.7 Å². The smallest absolute Gasteiger partial charge is 0.166 e. The fourth-order valence-electron chi connectivity index (χ4n) is 10.4. The fourth-order valence-corrected chi connectivity index (χ4v) is 10.4. The molecule has 10 aromatic carbocycles. The van der Waals surface area contributed by atoms with Crippen molar-refractivity contribution in [2.75, 3.05) is 0 Å². The third kappa shape index (κ3) is 7.40. The van der Waals surface area contributed by atoms with Gasteiger partial charge in [0, 0.05) is 60.6 Å². The topological polar surface area (TPSA) is 87.2 Å². The van der Waals surface area contributed by atoms with Crippen LogP contribution in [0.3, 0.4) is 0 Å². The first-order valence-corrected chi connectivity index (χ1v) is 24.7. The zero-order chi connectivity index (χ0) is 49.0. The van der Waals surface area contributed by atoms with Crippen LogP contribution in [0.4, 0.5) is 0 Å². The van der Waals surface area contributed by atoms with E-state index >= 15 is 0 Å². The molecule has 14 rings (SSSR count). The number of fused-ring (bicyclic) bond motifs is 7. The molecule has 0 fully saturated rings. The second kappa shape index (κ2) is 17.9. The van der Waals surface area contributed by atoms with Crippen LogP contribution >= 0.6 is 0 Å². The highest BCUT2D eigenvalue weighted by atomic mass is 15.1. The van der Waals surface area contributed by atoms with E-state index in [0.717, 1.165) is 99.5 Å². The summed E-state index contributed by atoms with van der Waals surface area (Å²) in [5, 5.41) is 4.56. The zero-order valence-electron chi connectivity index (χ0n) is 39.8. The first kappa shape index (κ1) is 42.7. The summed E-state index contributed by atoms with van der Waals surface area (Å²) in [6, 6.07) is 88.1. The maximum atomic E-state index is 5.49.